The van der Waals surface area contributed by atoms with Crippen LogP contribution in [0.15, 0.2) is 60.7 Å². The Hall–Kier alpha value is -3.34. The van der Waals surface area contributed by atoms with Gasteiger partial charge in [0.2, 0.25) is 5.78 Å². The molecule has 1 aliphatic rings. The molecule has 136 valence electrons. The van der Waals surface area contributed by atoms with Crippen molar-refractivity contribution in [2.45, 2.75) is 6.61 Å². The van der Waals surface area contributed by atoms with Gasteiger partial charge in [-0.2, -0.15) is 0 Å². The van der Waals surface area contributed by atoms with Gasteiger partial charge in [0.15, 0.2) is 6.61 Å². The third-order valence-corrected chi connectivity index (χ3v) is 4.45. The number of hydrogen-bond acceptors (Lipinski definition) is 4. The number of carbonyl (C=O) groups is 1. The first-order chi connectivity index (χ1) is 13.1. The Labute approximate surface area is 156 Å². The Balaban J connectivity index is 1.67. The van der Waals surface area contributed by atoms with E-state index in [0.29, 0.717) is 23.7 Å². The summed E-state index contributed by atoms with van der Waals surface area (Å²) >= 11 is 0. The van der Waals surface area contributed by atoms with Gasteiger partial charge in [0.1, 0.15) is 29.7 Å². The Morgan fingerprint density at radius 3 is 2.44 bits per heavy atom. The van der Waals surface area contributed by atoms with Gasteiger partial charge in [-0.3, -0.25) is 4.79 Å². The third kappa shape index (κ3) is 3.49. The molecule has 0 saturated carbocycles. The molecule has 3 aromatic rings. The summed E-state index contributed by atoms with van der Waals surface area (Å²) in [6.45, 7) is 0.366. The fraction of sp³-hybridized carbons (Fsp3) is 0.136. The molecule has 0 spiro atoms. The molecule has 1 aliphatic heterocycles. The maximum Gasteiger partial charge on any atom is 0.203 e. The van der Waals surface area contributed by atoms with Crippen LogP contribution in [-0.2, 0) is 6.61 Å². The topological polar surface area (TPSA) is 44.8 Å². The van der Waals surface area contributed by atoms with Gasteiger partial charge in [-0.05, 0) is 41.5 Å². The van der Waals surface area contributed by atoms with E-state index in [-0.39, 0.29) is 18.2 Å². The molecule has 0 aliphatic carbocycles. The molecule has 0 unspecified atom stereocenters. The Bertz CT molecular complexity index is 978. The number of ketones is 1. The van der Waals surface area contributed by atoms with E-state index in [1.54, 1.807) is 31.4 Å². The van der Waals surface area contributed by atoms with E-state index in [9.17, 15) is 9.18 Å². The van der Waals surface area contributed by atoms with E-state index in [1.165, 1.54) is 12.1 Å². The largest absolute Gasteiger partial charge is 0.497 e. The maximum atomic E-state index is 13.3. The summed E-state index contributed by atoms with van der Waals surface area (Å²) in [5.41, 5.74) is 2.98. The average molecular weight is 364 g/mol. The first-order valence-corrected chi connectivity index (χ1v) is 8.50. The summed E-state index contributed by atoms with van der Waals surface area (Å²) in [6.07, 6.45) is 0. The first kappa shape index (κ1) is 17.1. The van der Waals surface area contributed by atoms with Gasteiger partial charge >= 0.3 is 0 Å². The van der Waals surface area contributed by atoms with Crippen LogP contribution in [0.5, 0.6) is 17.2 Å². The van der Waals surface area contributed by atoms with Gasteiger partial charge in [0.05, 0.1) is 12.7 Å². The molecule has 4 nitrogen and oxygen atoms in total. The van der Waals surface area contributed by atoms with Gasteiger partial charge in [-0.15, -0.1) is 0 Å². The van der Waals surface area contributed by atoms with Crippen molar-refractivity contribution in [2.24, 2.45) is 0 Å². The predicted molar refractivity (Wildman–Crippen MR) is 99.0 cm³/mol. The van der Waals surface area contributed by atoms with Gasteiger partial charge in [-0.1, -0.05) is 24.3 Å². The van der Waals surface area contributed by atoms with Crippen molar-refractivity contribution in [3.63, 3.8) is 0 Å². The third-order valence-electron chi connectivity index (χ3n) is 4.45. The van der Waals surface area contributed by atoms with Crippen molar-refractivity contribution < 1.29 is 23.4 Å². The van der Waals surface area contributed by atoms with Crippen LogP contribution in [0.4, 0.5) is 4.39 Å². The smallest absolute Gasteiger partial charge is 0.203 e. The summed E-state index contributed by atoms with van der Waals surface area (Å²) < 4.78 is 29.9. The van der Waals surface area contributed by atoms with Crippen LogP contribution in [-0.4, -0.2) is 19.5 Å². The molecule has 1 heterocycles. The van der Waals surface area contributed by atoms with E-state index >= 15 is 0 Å². The van der Waals surface area contributed by atoms with E-state index in [1.807, 2.05) is 24.3 Å². The molecule has 0 amide bonds. The molecular formula is C22H17FO4. The normalized spacial score (nSPS) is 12.4. The molecule has 0 saturated heterocycles. The fourth-order valence-electron chi connectivity index (χ4n) is 2.98. The molecule has 0 N–H and O–H groups in total. The number of hydrogen-bond donors (Lipinski definition) is 0. The van der Waals surface area contributed by atoms with Crippen LogP contribution in [0, 0.1) is 5.82 Å². The van der Waals surface area contributed by atoms with E-state index < -0.39 is 0 Å². The zero-order chi connectivity index (χ0) is 18.8. The van der Waals surface area contributed by atoms with Crippen LogP contribution >= 0.6 is 0 Å². The summed E-state index contributed by atoms with van der Waals surface area (Å²) in [6, 6.07) is 17.1. The van der Waals surface area contributed by atoms with Crippen LogP contribution in [0.3, 0.4) is 0 Å². The number of halogens is 1. The lowest BCUT2D eigenvalue weighted by Gasteiger charge is -2.14. The lowest BCUT2D eigenvalue weighted by atomic mass is 10.00. The highest BCUT2D eigenvalue weighted by atomic mass is 19.1. The molecule has 0 aromatic heterocycles. The summed E-state index contributed by atoms with van der Waals surface area (Å²) in [5.74, 6) is 1.46. The highest BCUT2D eigenvalue weighted by Crippen LogP contribution is 2.39. The number of carbonyl (C=O) groups excluding carboxylic acids is 1. The second-order valence-corrected chi connectivity index (χ2v) is 6.20. The summed E-state index contributed by atoms with van der Waals surface area (Å²) in [4.78, 5) is 12.0. The lowest BCUT2D eigenvalue weighted by molar-refractivity contribution is 0.0961. The number of benzene rings is 3. The lowest BCUT2D eigenvalue weighted by Crippen LogP contribution is -2.00. The van der Waals surface area contributed by atoms with Crippen molar-refractivity contribution in [3.8, 4) is 28.4 Å². The van der Waals surface area contributed by atoms with Crippen molar-refractivity contribution in [1.29, 1.82) is 0 Å². The predicted octanol–water partition coefficient (Wildman–Crippen LogP) is 4.66. The number of rotatable bonds is 5. The molecule has 5 heteroatoms. The van der Waals surface area contributed by atoms with Crippen LogP contribution in [0.2, 0.25) is 0 Å². The monoisotopic (exact) mass is 364 g/mol. The Kier molecular flexibility index (Phi) is 4.50. The Morgan fingerprint density at radius 2 is 1.74 bits per heavy atom. The molecule has 3 aromatic carbocycles. The van der Waals surface area contributed by atoms with Gasteiger partial charge < -0.3 is 14.2 Å². The fourth-order valence-corrected chi connectivity index (χ4v) is 2.98. The molecule has 0 fully saturated rings. The van der Waals surface area contributed by atoms with Gasteiger partial charge in [0, 0.05) is 11.6 Å². The molecule has 0 radical (unpaired) electrons. The number of ether oxygens (including phenoxy) is 3. The molecule has 0 atom stereocenters. The highest BCUT2D eigenvalue weighted by Gasteiger charge is 2.24. The maximum absolute atomic E-state index is 13.3. The van der Waals surface area contributed by atoms with Gasteiger partial charge in [-0.25, -0.2) is 4.39 Å². The van der Waals surface area contributed by atoms with Crippen LogP contribution in [0.25, 0.3) is 11.1 Å². The van der Waals surface area contributed by atoms with E-state index in [2.05, 4.69) is 0 Å². The van der Waals surface area contributed by atoms with Crippen molar-refractivity contribution in [1.82, 2.24) is 0 Å². The van der Waals surface area contributed by atoms with Crippen LogP contribution < -0.4 is 14.2 Å². The molecule has 4 rings (SSSR count). The summed E-state index contributed by atoms with van der Waals surface area (Å²) in [5, 5.41) is 0. The minimum absolute atomic E-state index is 0.0279. The standard InChI is InChI=1S/C22H17FO4/c1-25-17-8-2-14(3-9-17)12-26-21-11-22-19(20(24)13-27-22)10-18(21)15-4-6-16(23)7-5-15/h2-11H,12-13H2,1H3. The first-order valence-electron chi connectivity index (χ1n) is 8.50. The van der Waals surface area contributed by atoms with Gasteiger partial charge in [0.25, 0.3) is 0 Å². The molecule has 0 bridgehead atoms. The van der Waals surface area contributed by atoms with Crippen molar-refractivity contribution in [3.05, 3.63) is 77.6 Å². The number of fused-ring (bicyclic) bond motifs is 1. The van der Waals surface area contributed by atoms with Crippen molar-refractivity contribution in [2.75, 3.05) is 13.7 Å². The molecule has 27 heavy (non-hydrogen) atoms. The summed E-state index contributed by atoms with van der Waals surface area (Å²) in [7, 11) is 1.62. The average Bonchev–Trinajstić information content (AvgIpc) is 3.06. The minimum Gasteiger partial charge on any atom is -0.497 e. The minimum atomic E-state index is -0.319. The molecular weight excluding hydrogens is 347 g/mol. The zero-order valence-corrected chi connectivity index (χ0v) is 14.7. The van der Waals surface area contributed by atoms with Crippen LogP contribution in [0.1, 0.15) is 15.9 Å². The van der Waals surface area contributed by atoms with E-state index in [0.717, 1.165) is 22.4 Å². The zero-order valence-electron chi connectivity index (χ0n) is 14.7. The second kappa shape index (κ2) is 7.11. The SMILES string of the molecule is COc1ccc(COc2cc3c(cc2-c2ccc(F)cc2)C(=O)CO3)cc1. The number of Topliss-reactive ketones (excluding diaryl/α,β-unsaturated/α-hetero) is 1. The Morgan fingerprint density at radius 1 is 1.00 bits per heavy atom. The van der Waals surface area contributed by atoms with E-state index in [4.69, 9.17) is 14.2 Å². The quantitative estimate of drug-likeness (QED) is 0.661. The second-order valence-electron chi connectivity index (χ2n) is 6.20. The van der Waals surface area contributed by atoms with Crippen molar-refractivity contribution >= 4 is 5.78 Å². The number of methoxy groups -OCH3 is 1. The highest BCUT2D eigenvalue weighted by molar-refractivity contribution is 6.03.